The summed E-state index contributed by atoms with van der Waals surface area (Å²) in [6.07, 6.45) is 0.782. The van der Waals surface area contributed by atoms with Crippen LogP contribution in [0.1, 0.15) is 18.2 Å². The van der Waals surface area contributed by atoms with Crippen molar-refractivity contribution in [3.05, 3.63) is 33.7 Å². The Morgan fingerprint density at radius 3 is 2.57 bits per heavy atom. The minimum atomic E-state index is -1.00. The molecule has 0 bridgehead atoms. The number of hydrogen-bond donors (Lipinski definition) is 1. The normalized spacial score (nSPS) is 10.1. The molecule has 0 aliphatic carbocycles. The van der Waals surface area contributed by atoms with E-state index in [4.69, 9.17) is 5.11 Å². The lowest BCUT2D eigenvalue weighted by Crippen LogP contribution is -2.25. The van der Waals surface area contributed by atoms with Gasteiger partial charge in [0.2, 0.25) is 0 Å². The summed E-state index contributed by atoms with van der Waals surface area (Å²) in [5.74, 6) is -1.00. The van der Waals surface area contributed by atoms with Gasteiger partial charge in [0.1, 0.15) is 6.54 Å². The van der Waals surface area contributed by atoms with Gasteiger partial charge in [-0.3, -0.25) is 9.59 Å². The van der Waals surface area contributed by atoms with Crippen molar-refractivity contribution in [1.82, 2.24) is 4.57 Å². The van der Waals surface area contributed by atoms with Gasteiger partial charge in [0.05, 0.1) is 0 Å². The van der Waals surface area contributed by atoms with Crippen molar-refractivity contribution in [3.63, 3.8) is 0 Å². The van der Waals surface area contributed by atoms with Crippen molar-refractivity contribution >= 4 is 5.97 Å². The summed E-state index contributed by atoms with van der Waals surface area (Å²) >= 11 is 0. The highest BCUT2D eigenvalue weighted by molar-refractivity contribution is 5.66. The summed E-state index contributed by atoms with van der Waals surface area (Å²) in [4.78, 5) is 21.9. The molecular formula is C10H13NO3. The molecule has 1 aromatic rings. The van der Waals surface area contributed by atoms with Crippen LogP contribution in [0.25, 0.3) is 0 Å². The first-order chi connectivity index (χ1) is 6.54. The quantitative estimate of drug-likeness (QED) is 0.776. The molecule has 0 amide bonds. The predicted molar refractivity (Wildman–Crippen MR) is 52.5 cm³/mol. The summed E-state index contributed by atoms with van der Waals surface area (Å²) in [6, 6.07) is 3.32. The molecule has 4 nitrogen and oxygen atoms in total. The fraction of sp³-hybridized carbons (Fsp3) is 0.400. The molecule has 0 saturated heterocycles. The van der Waals surface area contributed by atoms with Crippen LogP contribution in [0.15, 0.2) is 16.9 Å². The smallest absolute Gasteiger partial charge is 0.323 e. The number of hydrogen-bond acceptors (Lipinski definition) is 2. The molecule has 0 aromatic carbocycles. The zero-order chi connectivity index (χ0) is 10.7. The lowest BCUT2D eigenvalue weighted by Gasteiger charge is -2.07. The van der Waals surface area contributed by atoms with Gasteiger partial charge in [-0.1, -0.05) is 6.92 Å². The first-order valence-electron chi connectivity index (χ1n) is 4.46. The van der Waals surface area contributed by atoms with E-state index in [0.29, 0.717) is 5.69 Å². The Labute approximate surface area is 81.8 Å². The van der Waals surface area contributed by atoms with Crippen molar-refractivity contribution in [2.75, 3.05) is 0 Å². The zero-order valence-corrected chi connectivity index (χ0v) is 8.28. The Hall–Kier alpha value is -1.58. The van der Waals surface area contributed by atoms with E-state index < -0.39 is 5.97 Å². The molecule has 0 radical (unpaired) electrons. The van der Waals surface area contributed by atoms with Crippen LogP contribution in [0.2, 0.25) is 0 Å². The topological polar surface area (TPSA) is 59.3 Å². The minimum Gasteiger partial charge on any atom is -0.480 e. The summed E-state index contributed by atoms with van der Waals surface area (Å²) in [6.45, 7) is 3.42. The molecule has 1 N–H and O–H groups in total. The number of pyridine rings is 1. The molecule has 14 heavy (non-hydrogen) atoms. The molecule has 1 heterocycles. The van der Waals surface area contributed by atoms with E-state index in [-0.39, 0.29) is 12.1 Å². The SMILES string of the molecule is CCc1cc(C)n(CC(=O)O)c(=O)c1. The van der Waals surface area contributed by atoms with E-state index >= 15 is 0 Å². The van der Waals surface area contributed by atoms with E-state index in [1.54, 1.807) is 6.92 Å². The number of aromatic nitrogens is 1. The summed E-state index contributed by atoms with van der Waals surface area (Å²) in [5.41, 5.74) is 1.38. The standard InChI is InChI=1S/C10H13NO3/c1-3-8-4-7(2)11(6-10(13)14)9(12)5-8/h4-5H,3,6H2,1-2H3,(H,13,14). The van der Waals surface area contributed by atoms with E-state index in [0.717, 1.165) is 12.0 Å². The van der Waals surface area contributed by atoms with Gasteiger partial charge in [0.25, 0.3) is 5.56 Å². The number of nitrogens with zero attached hydrogens (tertiary/aromatic N) is 1. The van der Waals surface area contributed by atoms with Crippen molar-refractivity contribution in [2.24, 2.45) is 0 Å². The van der Waals surface area contributed by atoms with Gasteiger partial charge < -0.3 is 9.67 Å². The fourth-order valence-corrected chi connectivity index (χ4v) is 1.34. The molecule has 1 aromatic heterocycles. The highest BCUT2D eigenvalue weighted by atomic mass is 16.4. The second kappa shape index (κ2) is 4.09. The summed E-state index contributed by atoms with van der Waals surface area (Å²) in [5, 5.41) is 8.58. The van der Waals surface area contributed by atoms with E-state index in [1.165, 1.54) is 10.6 Å². The van der Waals surface area contributed by atoms with Crippen LogP contribution in [-0.4, -0.2) is 15.6 Å². The monoisotopic (exact) mass is 195 g/mol. The Balaban J connectivity index is 3.18. The first-order valence-corrected chi connectivity index (χ1v) is 4.46. The number of aryl methyl sites for hydroxylation is 2. The lowest BCUT2D eigenvalue weighted by molar-refractivity contribution is -0.137. The van der Waals surface area contributed by atoms with Crippen LogP contribution in [-0.2, 0) is 17.8 Å². The van der Waals surface area contributed by atoms with Gasteiger partial charge in [0, 0.05) is 11.8 Å². The van der Waals surface area contributed by atoms with Crippen LogP contribution in [0, 0.1) is 6.92 Å². The van der Waals surface area contributed by atoms with Gasteiger partial charge in [0.15, 0.2) is 0 Å². The maximum atomic E-state index is 11.5. The third-order valence-electron chi connectivity index (χ3n) is 2.10. The Morgan fingerprint density at radius 1 is 1.50 bits per heavy atom. The maximum absolute atomic E-state index is 11.5. The van der Waals surface area contributed by atoms with Crippen molar-refractivity contribution in [2.45, 2.75) is 26.8 Å². The number of rotatable bonds is 3. The van der Waals surface area contributed by atoms with Crippen LogP contribution < -0.4 is 5.56 Å². The molecular weight excluding hydrogens is 182 g/mol. The molecule has 0 atom stereocenters. The molecule has 76 valence electrons. The maximum Gasteiger partial charge on any atom is 0.323 e. The Bertz CT molecular complexity index is 406. The van der Waals surface area contributed by atoms with Gasteiger partial charge in [-0.05, 0) is 25.0 Å². The van der Waals surface area contributed by atoms with Crippen molar-refractivity contribution in [1.29, 1.82) is 0 Å². The second-order valence-corrected chi connectivity index (χ2v) is 3.18. The molecule has 0 fully saturated rings. The average molecular weight is 195 g/mol. The second-order valence-electron chi connectivity index (χ2n) is 3.18. The predicted octanol–water partition coefficient (Wildman–Crippen LogP) is 0.804. The fourth-order valence-electron chi connectivity index (χ4n) is 1.34. The molecule has 1 rings (SSSR count). The average Bonchev–Trinajstić information content (AvgIpc) is 2.10. The number of carbonyl (C=O) groups is 1. The van der Waals surface area contributed by atoms with Crippen molar-refractivity contribution in [3.8, 4) is 0 Å². The summed E-state index contributed by atoms with van der Waals surface area (Å²) in [7, 11) is 0. The molecule has 0 aliphatic heterocycles. The minimum absolute atomic E-state index is 0.246. The Morgan fingerprint density at radius 2 is 2.14 bits per heavy atom. The number of carboxylic acid groups (broad SMARTS) is 1. The number of carboxylic acids is 1. The first kappa shape index (κ1) is 10.5. The van der Waals surface area contributed by atoms with Crippen LogP contribution in [0.4, 0.5) is 0 Å². The molecule has 0 saturated carbocycles. The third kappa shape index (κ3) is 2.22. The zero-order valence-electron chi connectivity index (χ0n) is 8.28. The molecule has 0 aliphatic rings. The van der Waals surface area contributed by atoms with E-state index in [1.807, 2.05) is 13.0 Å². The largest absolute Gasteiger partial charge is 0.480 e. The lowest BCUT2D eigenvalue weighted by atomic mass is 10.2. The van der Waals surface area contributed by atoms with E-state index in [9.17, 15) is 9.59 Å². The van der Waals surface area contributed by atoms with Gasteiger partial charge in [-0.2, -0.15) is 0 Å². The van der Waals surface area contributed by atoms with Gasteiger partial charge in [-0.25, -0.2) is 0 Å². The molecule has 4 heteroatoms. The summed E-state index contributed by atoms with van der Waals surface area (Å²) < 4.78 is 1.25. The van der Waals surface area contributed by atoms with Crippen molar-refractivity contribution < 1.29 is 9.90 Å². The highest BCUT2D eigenvalue weighted by Crippen LogP contribution is 2.01. The third-order valence-corrected chi connectivity index (χ3v) is 2.10. The van der Waals surface area contributed by atoms with Gasteiger partial charge in [-0.15, -0.1) is 0 Å². The highest BCUT2D eigenvalue weighted by Gasteiger charge is 2.05. The molecule has 0 spiro atoms. The number of aliphatic carboxylic acids is 1. The van der Waals surface area contributed by atoms with Crippen LogP contribution >= 0.6 is 0 Å². The van der Waals surface area contributed by atoms with E-state index in [2.05, 4.69) is 0 Å². The Kier molecular flexibility index (Phi) is 3.06. The van der Waals surface area contributed by atoms with Gasteiger partial charge >= 0.3 is 5.97 Å². The van der Waals surface area contributed by atoms with Crippen LogP contribution in [0.5, 0.6) is 0 Å². The van der Waals surface area contributed by atoms with Crippen LogP contribution in [0.3, 0.4) is 0 Å². The molecule has 0 unspecified atom stereocenters.